The fraction of sp³-hybridized carbons (Fsp3) is 0.179. The van der Waals surface area contributed by atoms with Crippen molar-refractivity contribution in [3.8, 4) is 33.6 Å². The van der Waals surface area contributed by atoms with E-state index in [1.807, 2.05) is 18.5 Å². The average molecular weight is 434 g/mol. The van der Waals surface area contributed by atoms with Crippen LogP contribution in [0, 0.1) is 5.92 Å². The van der Waals surface area contributed by atoms with Crippen LogP contribution in [0.3, 0.4) is 0 Å². The average Bonchev–Trinajstić information content (AvgIpc) is 3.49. The summed E-state index contributed by atoms with van der Waals surface area (Å²) >= 11 is 0. The summed E-state index contributed by atoms with van der Waals surface area (Å²) in [7, 11) is 0. The van der Waals surface area contributed by atoms with Crippen molar-refractivity contribution < 1.29 is 0 Å². The summed E-state index contributed by atoms with van der Waals surface area (Å²) < 4.78 is 4.32. The molecule has 3 aromatic heterocycles. The Morgan fingerprint density at radius 2 is 1.52 bits per heavy atom. The molecule has 0 radical (unpaired) electrons. The van der Waals surface area contributed by atoms with Gasteiger partial charge in [0.1, 0.15) is 6.33 Å². The van der Waals surface area contributed by atoms with Gasteiger partial charge in [-0.3, -0.25) is 4.98 Å². The molecule has 33 heavy (non-hydrogen) atoms. The van der Waals surface area contributed by atoms with Gasteiger partial charge >= 0.3 is 0 Å². The first kappa shape index (κ1) is 20.9. The number of aromatic nitrogens is 5. The van der Waals surface area contributed by atoms with E-state index in [2.05, 4.69) is 111 Å². The Balaban J connectivity index is 1.36. The van der Waals surface area contributed by atoms with Crippen molar-refractivity contribution in [1.82, 2.24) is 24.3 Å². The van der Waals surface area contributed by atoms with Crippen LogP contribution in [-0.2, 0) is 13.1 Å². The highest BCUT2D eigenvalue weighted by Gasteiger charge is 2.10. The van der Waals surface area contributed by atoms with E-state index >= 15 is 0 Å². The topological polar surface area (TPSA) is 48.5 Å². The van der Waals surface area contributed by atoms with Crippen molar-refractivity contribution in [1.29, 1.82) is 0 Å². The molecule has 0 amide bonds. The summed E-state index contributed by atoms with van der Waals surface area (Å²) in [5.41, 5.74) is 6.86. The van der Waals surface area contributed by atoms with Crippen molar-refractivity contribution in [2.45, 2.75) is 26.9 Å². The molecule has 0 atom stereocenters. The minimum Gasteiger partial charge on any atom is -0.349 e. The fourth-order valence-corrected chi connectivity index (χ4v) is 4.08. The van der Waals surface area contributed by atoms with Crippen LogP contribution in [0.1, 0.15) is 19.4 Å². The van der Waals surface area contributed by atoms with Crippen LogP contribution in [0.5, 0.6) is 0 Å². The molecule has 0 N–H and O–H groups in total. The van der Waals surface area contributed by atoms with E-state index in [9.17, 15) is 0 Å². The molecule has 0 aliphatic heterocycles. The summed E-state index contributed by atoms with van der Waals surface area (Å²) in [5, 5.41) is 8.43. The van der Waals surface area contributed by atoms with Crippen LogP contribution >= 0.6 is 0 Å². The Kier molecular flexibility index (Phi) is 5.85. The minimum absolute atomic E-state index is 0.537. The molecule has 5 rings (SSSR count). The number of hydrogen-bond acceptors (Lipinski definition) is 3. The maximum absolute atomic E-state index is 4.51. The zero-order chi connectivity index (χ0) is 22.6. The standard InChI is InChI=1S/C28H27N5/c1-21(2)17-33-20-30-31-28(33)24-10-8-23(9-11-24)26-14-27(16-29-15-26)25-12-13-32(19-25)18-22-6-4-3-5-7-22/h3-16,19-21H,17-18H2,1-2H3. The smallest absolute Gasteiger partial charge is 0.163 e. The number of rotatable bonds is 7. The Labute approximate surface area is 194 Å². The molecule has 164 valence electrons. The van der Waals surface area contributed by atoms with Gasteiger partial charge in [-0.2, -0.15) is 0 Å². The molecule has 0 bridgehead atoms. The van der Waals surface area contributed by atoms with E-state index < -0.39 is 0 Å². The van der Waals surface area contributed by atoms with E-state index in [0.29, 0.717) is 5.92 Å². The van der Waals surface area contributed by atoms with Crippen LogP contribution < -0.4 is 0 Å². The van der Waals surface area contributed by atoms with Crippen LogP contribution in [0.4, 0.5) is 0 Å². The van der Waals surface area contributed by atoms with E-state index in [0.717, 1.165) is 41.2 Å². The highest BCUT2D eigenvalue weighted by Crippen LogP contribution is 2.28. The van der Waals surface area contributed by atoms with Crippen molar-refractivity contribution in [3.05, 3.63) is 103 Å². The van der Waals surface area contributed by atoms with Crippen molar-refractivity contribution in [2.24, 2.45) is 5.92 Å². The fourth-order valence-electron chi connectivity index (χ4n) is 4.08. The highest BCUT2D eigenvalue weighted by molar-refractivity contribution is 5.73. The van der Waals surface area contributed by atoms with Gasteiger partial charge in [0.2, 0.25) is 0 Å². The van der Waals surface area contributed by atoms with Crippen LogP contribution in [0.2, 0.25) is 0 Å². The predicted octanol–water partition coefficient (Wildman–Crippen LogP) is 6.18. The molecule has 5 heteroatoms. The number of hydrogen-bond donors (Lipinski definition) is 0. The first-order valence-electron chi connectivity index (χ1n) is 11.3. The molecule has 0 fully saturated rings. The second-order valence-corrected chi connectivity index (χ2v) is 8.80. The Hall–Kier alpha value is -3.99. The maximum Gasteiger partial charge on any atom is 0.163 e. The van der Waals surface area contributed by atoms with Gasteiger partial charge < -0.3 is 9.13 Å². The molecule has 2 aromatic carbocycles. The molecule has 5 nitrogen and oxygen atoms in total. The molecular formula is C28H27N5. The van der Waals surface area contributed by atoms with Crippen LogP contribution in [0.15, 0.2) is 97.8 Å². The largest absolute Gasteiger partial charge is 0.349 e. The van der Waals surface area contributed by atoms with Crippen molar-refractivity contribution in [2.75, 3.05) is 0 Å². The predicted molar refractivity (Wildman–Crippen MR) is 132 cm³/mol. The summed E-state index contributed by atoms with van der Waals surface area (Å²) in [6, 6.07) is 23.3. The molecule has 5 aromatic rings. The Bertz CT molecular complexity index is 1330. The van der Waals surface area contributed by atoms with Gasteiger partial charge in [0.25, 0.3) is 0 Å². The first-order chi connectivity index (χ1) is 16.2. The van der Waals surface area contributed by atoms with E-state index in [-0.39, 0.29) is 0 Å². The van der Waals surface area contributed by atoms with E-state index in [1.165, 1.54) is 11.1 Å². The molecule has 0 unspecified atom stereocenters. The van der Waals surface area contributed by atoms with Gasteiger partial charge in [0.05, 0.1) is 0 Å². The van der Waals surface area contributed by atoms with E-state index in [4.69, 9.17) is 0 Å². The monoisotopic (exact) mass is 433 g/mol. The third-order valence-corrected chi connectivity index (χ3v) is 5.68. The lowest BCUT2D eigenvalue weighted by atomic mass is 10.0. The molecule has 0 saturated carbocycles. The summed E-state index contributed by atoms with van der Waals surface area (Å²) in [4.78, 5) is 4.51. The lowest BCUT2D eigenvalue weighted by Crippen LogP contribution is -2.05. The number of nitrogens with zero attached hydrogens (tertiary/aromatic N) is 5. The van der Waals surface area contributed by atoms with E-state index in [1.54, 1.807) is 6.33 Å². The SMILES string of the molecule is CC(C)Cn1cnnc1-c1ccc(-c2cncc(-c3ccn(Cc4ccccc4)c3)c2)cc1. The van der Waals surface area contributed by atoms with Crippen molar-refractivity contribution >= 4 is 0 Å². The zero-order valence-corrected chi connectivity index (χ0v) is 19.0. The zero-order valence-electron chi connectivity index (χ0n) is 19.0. The molecule has 0 aliphatic rings. The van der Waals surface area contributed by atoms with Crippen LogP contribution in [0.25, 0.3) is 33.6 Å². The maximum atomic E-state index is 4.51. The Morgan fingerprint density at radius 3 is 2.27 bits per heavy atom. The number of pyridine rings is 1. The van der Waals surface area contributed by atoms with Crippen LogP contribution in [-0.4, -0.2) is 24.3 Å². The second kappa shape index (κ2) is 9.25. The van der Waals surface area contributed by atoms with Gasteiger partial charge in [-0.25, -0.2) is 0 Å². The third-order valence-electron chi connectivity index (χ3n) is 5.68. The summed E-state index contributed by atoms with van der Waals surface area (Å²) in [6.45, 7) is 6.16. The van der Waals surface area contributed by atoms with Gasteiger partial charge in [0.15, 0.2) is 5.82 Å². The third kappa shape index (κ3) is 4.77. The van der Waals surface area contributed by atoms with Gasteiger partial charge in [-0.05, 0) is 29.2 Å². The molecule has 0 aliphatic carbocycles. The molecule has 0 spiro atoms. The molecule has 0 saturated heterocycles. The number of benzene rings is 2. The van der Waals surface area contributed by atoms with Crippen molar-refractivity contribution in [3.63, 3.8) is 0 Å². The molecule has 3 heterocycles. The van der Waals surface area contributed by atoms with Gasteiger partial charge in [0, 0.05) is 60.1 Å². The lowest BCUT2D eigenvalue weighted by molar-refractivity contribution is 0.525. The Morgan fingerprint density at radius 1 is 0.788 bits per heavy atom. The minimum atomic E-state index is 0.537. The highest BCUT2D eigenvalue weighted by atomic mass is 15.3. The second-order valence-electron chi connectivity index (χ2n) is 8.80. The lowest BCUT2D eigenvalue weighted by Gasteiger charge is -2.10. The van der Waals surface area contributed by atoms with Gasteiger partial charge in [-0.1, -0.05) is 68.4 Å². The normalized spacial score (nSPS) is 11.2. The first-order valence-corrected chi connectivity index (χ1v) is 11.3. The quantitative estimate of drug-likeness (QED) is 0.308. The van der Waals surface area contributed by atoms with Gasteiger partial charge in [-0.15, -0.1) is 10.2 Å². The summed E-state index contributed by atoms with van der Waals surface area (Å²) in [6.07, 6.45) is 9.95. The molecular weight excluding hydrogens is 406 g/mol. The summed E-state index contributed by atoms with van der Waals surface area (Å²) in [5.74, 6) is 1.44.